The normalized spacial score (nSPS) is 18.0. The predicted octanol–water partition coefficient (Wildman–Crippen LogP) is 0.560. The summed E-state index contributed by atoms with van der Waals surface area (Å²) in [6, 6.07) is 3.74. The van der Waals surface area contributed by atoms with Crippen molar-refractivity contribution in [3.63, 3.8) is 0 Å². The van der Waals surface area contributed by atoms with Crippen molar-refractivity contribution in [3.8, 4) is 6.01 Å². The zero-order valence-corrected chi connectivity index (χ0v) is 10.7. The molecule has 1 fully saturated rings. The Balaban J connectivity index is 1.61. The maximum Gasteiger partial charge on any atom is 0.316 e. The molecule has 0 unspecified atom stereocenters. The van der Waals surface area contributed by atoms with E-state index >= 15 is 0 Å². The van der Waals surface area contributed by atoms with Crippen LogP contribution in [0.15, 0.2) is 36.9 Å². The minimum absolute atomic E-state index is 0.0925. The van der Waals surface area contributed by atoms with Gasteiger partial charge in [0.05, 0.1) is 6.54 Å². The highest BCUT2D eigenvalue weighted by molar-refractivity contribution is 5.90. The monoisotopic (exact) mass is 271 g/mol. The van der Waals surface area contributed by atoms with E-state index < -0.39 is 0 Å². The van der Waals surface area contributed by atoms with Crippen molar-refractivity contribution in [2.75, 3.05) is 13.1 Å². The van der Waals surface area contributed by atoms with Crippen LogP contribution in [0.1, 0.15) is 17.0 Å². The molecular weight excluding hydrogens is 258 g/mol. The van der Waals surface area contributed by atoms with Crippen molar-refractivity contribution in [3.05, 3.63) is 42.7 Å². The third-order valence-electron chi connectivity index (χ3n) is 3.00. The van der Waals surface area contributed by atoms with Crippen molar-refractivity contribution in [1.82, 2.24) is 24.8 Å². The van der Waals surface area contributed by atoms with Crippen LogP contribution >= 0.6 is 0 Å². The summed E-state index contributed by atoms with van der Waals surface area (Å²) in [5, 5.41) is 0. The second kappa shape index (κ2) is 5.60. The largest absolute Gasteiger partial charge is 0.458 e. The number of hydrogen-bond donors (Lipinski definition) is 0. The van der Waals surface area contributed by atoms with Crippen LogP contribution in [0.4, 0.5) is 0 Å². The van der Waals surface area contributed by atoms with Crippen LogP contribution in [-0.2, 0) is 0 Å². The van der Waals surface area contributed by atoms with Gasteiger partial charge in [-0.25, -0.2) is 19.9 Å². The maximum atomic E-state index is 12.2. The van der Waals surface area contributed by atoms with Crippen LogP contribution in [0.3, 0.4) is 0 Å². The summed E-state index contributed by atoms with van der Waals surface area (Å²) in [6.45, 7) is 1.12. The van der Waals surface area contributed by atoms with Gasteiger partial charge in [0.25, 0.3) is 5.91 Å². The molecule has 0 saturated carbocycles. The molecule has 0 spiro atoms. The van der Waals surface area contributed by atoms with Crippen LogP contribution in [-0.4, -0.2) is 49.9 Å². The van der Waals surface area contributed by atoms with Gasteiger partial charge in [0.2, 0.25) is 5.82 Å². The Hall–Kier alpha value is -2.57. The molecule has 102 valence electrons. The molecule has 0 N–H and O–H groups in total. The summed E-state index contributed by atoms with van der Waals surface area (Å²) in [6.07, 6.45) is 7.02. The summed E-state index contributed by atoms with van der Waals surface area (Å²) in [5.74, 6) is 0.0368. The number of hydrogen-bond acceptors (Lipinski definition) is 6. The number of carbonyl (C=O) groups is 1. The lowest BCUT2D eigenvalue weighted by Gasteiger charge is -2.15. The van der Waals surface area contributed by atoms with E-state index in [1.54, 1.807) is 41.8 Å². The standard InChI is InChI=1S/C13H13N5O2/c19-12(11-14-4-1-5-15-11)18-8-3-10(9-18)20-13-16-6-2-7-17-13/h1-2,4-7,10H,3,8-9H2/t10-/m1/s1. The molecule has 0 bridgehead atoms. The number of carbonyl (C=O) groups excluding carboxylic acids is 1. The summed E-state index contributed by atoms with van der Waals surface area (Å²) in [5.41, 5.74) is 0. The Labute approximate surface area is 115 Å². The molecule has 0 aliphatic carbocycles. The van der Waals surface area contributed by atoms with Gasteiger partial charge in [0, 0.05) is 37.8 Å². The van der Waals surface area contributed by atoms with Crippen molar-refractivity contribution in [2.24, 2.45) is 0 Å². The lowest BCUT2D eigenvalue weighted by Crippen LogP contribution is -2.32. The van der Waals surface area contributed by atoms with E-state index in [2.05, 4.69) is 19.9 Å². The molecule has 0 aromatic carbocycles. The van der Waals surface area contributed by atoms with Crippen LogP contribution in [0.5, 0.6) is 6.01 Å². The molecule has 1 amide bonds. The van der Waals surface area contributed by atoms with Gasteiger partial charge in [-0.15, -0.1) is 0 Å². The summed E-state index contributed by atoms with van der Waals surface area (Å²) in [7, 11) is 0. The van der Waals surface area contributed by atoms with Crippen LogP contribution in [0.25, 0.3) is 0 Å². The summed E-state index contributed by atoms with van der Waals surface area (Å²) >= 11 is 0. The van der Waals surface area contributed by atoms with E-state index in [-0.39, 0.29) is 17.8 Å². The molecule has 1 aliphatic rings. The second-order valence-corrected chi connectivity index (χ2v) is 4.38. The Morgan fingerprint density at radius 1 is 1.10 bits per heavy atom. The van der Waals surface area contributed by atoms with Gasteiger partial charge < -0.3 is 9.64 Å². The maximum absolute atomic E-state index is 12.2. The lowest BCUT2D eigenvalue weighted by atomic mass is 10.3. The number of ether oxygens (including phenoxy) is 1. The summed E-state index contributed by atoms with van der Waals surface area (Å²) in [4.78, 5) is 29.8. The second-order valence-electron chi connectivity index (χ2n) is 4.38. The molecule has 0 radical (unpaired) electrons. The smallest absolute Gasteiger partial charge is 0.316 e. The SMILES string of the molecule is O=C(c1ncccn1)N1CC[C@@H](Oc2ncccn2)C1. The molecule has 7 heteroatoms. The number of aromatic nitrogens is 4. The zero-order chi connectivity index (χ0) is 13.8. The van der Waals surface area contributed by atoms with Gasteiger partial charge in [-0.05, 0) is 12.1 Å². The van der Waals surface area contributed by atoms with Crippen LogP contribution in [0.2, 0.25) is 0 Å². The molecule has 2 aromatic heterocycles. The fraction of sp³-hybridized carbons (Fsp3) is 0.308. The minimum atomic E-state index is -0.175. The fourth-order valence-corrected chi connectivity index (χ4v) is 2.06. The predicted molar refractivity (Wildman–Crippen MR) is 69.0 cm³/mol. The van der Waals surface area contributed by atoms with Gasteiger partial charge in [0.15, 0.2) is 0 Å². The first kappa shape index (κ1) is 12.5. The lowest BCUT2D eigenvalue weighted by molar-refractivity contribution is 0.0757. The van der Waals surface area contributed by atoms with Crippen molar-refractivity contribution in [2.45, 2.75) is 12.5 Å². The molecule has 2 aromatic rings. The van der Waals surface area contributed by atoms with Crippen molar-refractivity contribution >= 4 is 5.91 Å². The highest BCUT2D eigenvalue weighted by atomic mass is 16.5. The van der Waals surface area contributed by atoms with Crippen LogP contribution < -0.4 is 4.74 Å². The number of nitrogens with zero attached hydrogens (tertiary/aromatic N) is 5. The third-order valence-corrected chi connectivity index (χ3v) is 3.00. The first-order valence-electron chi connectivity index (χ1n) is 6.33. The molecule has 7 nitrogen and oxygen atoms in total. The Morgan fingerprint density at radius 3 is 2.45 bits per heavy atom. The van der Waals surface area contributed by atoms with Gasteiger partial charge in [-0.2, -0.15) is 0 Å². The van der Waals surface area contributed by atoms with E-state index in [1.807, 2.05) is 0 Å². The Kier molecular flexibility index (Phi) is 3.49. The average Bonchev–Trinajstić information content (AvgIpc) is 2.97. The summed E-state index contributed by atoms with van der Waals surface area (Å²) < 4.78 is 5.63. The van der Waals surface area contributed by atoms with E-state index in [9.17, 15) is 4.79 Å². The quantitative estimate of drug-likeness (QED) is 0.811. The topological polar surface area (TPSA) is 81.1 Å². The third kappa shape index (κ3) is 2.71. The minimum Gasteiger partial charge on any atom is -0.458 e. The molecule has 3 heterocycles. The van der Waals surface area contributed by atoms with Gasteiger partial charge >= 0.3 is 6.01 Å². The average molecular weight is 271 g/mol. The Bertz CT molecular complexity index is 578. The van der Waals surface area contributed by atoms with Crippen molar-refractivity contribution < 1.29 is 9.53 Å². The molecule has 1 aliphatic heterocycles. The first-order chi connectivity index (χ1) is 9.83. The highest BCUT2D eigenvalue weighted by Gasteiger charge is 2.29. The van der Waals surface area contributed by atoms with Crippen molar-refractivity contribution in [1.29, 1.82) is 0 Å². The molecule has 1 saturated heterocycles. The van der Waals surface area contributed by atoms with E-state index in [1.165, 1.54) is 0 Å². The molecule has 20 heavy (non-hydrogen) atoms. The van der Waals surface area contributed by atoms with E-state index in [4.69, 9.17) is 4.74 Å². The van der Waals surface area contributed by atoms with Gasteiger partial charge in [0.1, 0.15) is 6.10 Å². The number of likely N-dealkylation sites (tertiary alicyclic amines) is 1. The fourth-order valence-electron chi connectivity index (χ4n) is 2.06. The Morgan fingerprint density at radius 2 is 1.75 bits per heavy atom. The van der Waals surface area contributed by atoms with Gasteiger partial charge in [-0.1, -0.05) is 0 Å². The number of rotatable bonds is 3. The van der Waals surface area contributed by atoms with E-state index in [0.29, 0.717) is 19.1 Å². The number of amides is 1. The molecule has 1 atom stereocenters. The molecule has 3 rings (SSSR count). The zero-order valence-electron chi connectivity index (χ0n) is 10.7. The molecular formula is C13H13N5O2. The van der Waals surface area contributed by atoms with E-state index in [0.717, 1.165) is 6.42 Å². The van der Waals surface area contributed by atoms with Gasteiger partial charge in [-0.3, -0.25) is 4.79 Å². The first-order valence-corrected chi connectivity index (χ1v) is 6.33. The highest BCUT2D eigenvalue weighted by Crippen LogP contribution is 2.15. The van der Waals surface area contributed by atoms with Crippen LogP contribution in [0, 0.1) is 0 Å².